The third-order valence-corrected chi connectivity index (χ3v) is 4.67. The monoisotopic (exact) mass is 401 g/mol. The molecule has 158 valence electrons. The number of ether oxygens (including phenoxy) is 1. The van der Waals surface area contributed by atoms with E-state index in [1.54, 1.807) is 0 Å². The maximum atomic E-state index is 10.7. The van der Waals surface area contributed by atoms with Gasteiger partial charge in [-0.1, -0.05) is 35.5 Å². The molecule has 29 heavy (non-hydrogen) atoms. The van der Waals surface area contributed by atoms with E-state index in [-0.39, 0.29) is 0 Å². The molecule has 0 spiro atoms. The van der Waals surface area contributed by atoms with Gasteiger partial charge in [0.15, 0.2) is 11.7 Å². The summed E-state index contributed by atoms with van der Waals surface area (Å²) in [5, 5.41) is 21.3. The van der Waals surface area contributed by atoms with Crippen LogP contribution in [0.5, 0.6) is 0 Å². The van der Waals surface area contributed by atoms with Crippen molar-refractivity contribution in [2.75, 3.05) is 45.9 Å². The molecule has 1 aliphatic rings. The molecule has 3 rings (SSSR count). The first-order chi connectivity index (χ1) is 14.1. The second-order valence-electron chi connectivity index (χ2n) is 7.48. The average molecular weight is 402 g/mol. The van der Waals surface area contributed by atoms with Gasteiger partial charge in [-0.2, -0.15) is 0 Å². The standard InChI is InChI=1S/C21H31N5O3/c1-3-22-20(24-15-21(2,27)16-26-9-11-28-12-10-26)23-14-18-13-19(29-25-18)17-7-5-4-6-8-17/h4-8,13,27H,3,9-12,14-16H2,1-2H3,(H2,22,23,24). The first-order valence-corrected chi connectivity index (χ1v) is 10.1. The lowest BCUT2D eigenvalue weighted by Crippen LogP contribution is -2.52. The summed E-state index contributed by atoms with van der Waals surface area (Å²) in [6.07, 6.45) is 0. The molecule has 1 fully saturated rings. The molecule has 1 unspecified atom stereocenters. The predicted octanol–water partition coefficient (Wildman–Crippen LogP) is 1.48. The van der Waals surface area contributed by atoms with E-state index in [2.05, 4.69) is 25.7 Å². The summed E-state index contributed by atoms with van der Waals surface area (Å²) in [6, 6.07) is 11.8. The maximum Gasteiger partial charge on any atom is 0.191 e. The molecular weight excluding hydrogens is 370 g/mol. The van der Waals surface area contributed by atoms with Crippen molar-refractivity contribution in [2.24, 2.45) is 4.99 Å². The van der Waals surface area contributed by atoms with Gasteiger partial charge < -0.3 is 25.0 Å². The second-order valence-corrected chi connectivity index (χ2v) is 7.48. The number of rotatable bonds is 8. The molecule has 8 nitrogen and oxygen atoms in total. The Labute approximate surface area is 171 Å². The summed E-state index contributed by atoms with van der Waals surface area (Å²) in [4.78, 5) is 6.79. The van der Waals surface area contributed by atoms with Gasteiger partial charge in [-0.05, 0) is 13.8 Å². The number of hydrogen-bond donors (Lipinski definition) is 3. The van der Waals surface area contributed by atoms with Crippen LogP contribution in [0.25, 0.3) is 11.3 Å². The van der Waals surface area contributed by atoms with E-state index >= 15 is 0 Å². The number of benzene rings is 1. The third-order valence-electron chi connectivity index (χ3n) is 4.67. The van der Waals surface area contributed by atoms with Crippen molar-refractivity contribution in [2.45, 2.75) is 26.0 Å². The van der Waals surface area contributed by atoms with Crippen LogP contribution in [0.1, 0.15) is 19.5 Å². The Morgan fingerprint density at radius 2 is 2.00 bits per heavy atom. The molecule has 0 saturated carbocycles. The van der Waals surface area contributed by atoms with Gasteiger partial charge in [-0.3, -0.25) is 4.90 Å². The number of aliphatic imine (C=N–C) groups is 1. The van der Waals surface area contributed by atoms with Crippen LogP contribution >= 0.6 is 0 Å². The van der Waals surface area contributed by atoms with Crippen LogP contribution < -0.4 is 10.6 Å². The number of hydrogen-bond acceptors (Lipinski definition) is 6. The Balaban J connectivity index is 1.54. The number of β-amino-alcohol motifs (C(OH)–C–C–N with tert-alkyl or cyclic N) is 1. The lowest BCUT2D eigenvalue weighted by Gasteiger charge is -2.34. The van der Waals surface area contributed by atoms with Crippen LogP contribution in [0.2, 0.25) is 0 Å². The topological polar surface area (TPSA) is 95.2 Å². The Morgan fingerprint density at radius 1 is 1.24 bits per heavy atom. The van der Waals surface area contributed by atoms with Gasteiger partial charge in [0, 0.05) is 44.4 Å². The molecule has 0 amide bonds. The number of aliphatic hydroxyl groups is 1. The van der Waals surface area contributed by atoms with Crippen LogP contribution in [0.4, 0.5) is 0 Å². The largest absolute Gasteiger partial charge is 0.387 e. The molecule has 1 saturated heterocycles. The van der Waals surface area contributed by atoms with Gasteiger partial charge in [-0.25, -0.2) is 4.99 Å². The number of guanidine groups is 1. The zero-order valence-electron chi connectivity index (χ0n) is 17.2. The Morgan fingerprint density at radius 3 is 2.72 bits per heavy atom. The maximum absolute atomic E-state index is 10.7. The Bertz CT molecular complexity index is 770. The zero-order valence-corrected chi connectivity index (χ0v) is 17.2. The highest BCUT2D eigenvalue weighted by molar-refractivity contribution is 5.79. The Hall–Kier alpha value is -2.42. The van der Waals surface area contributed by atoms with Gasteiger partial charge in [0.25, 0.3) is 0 Å². The summed E-state index contributed by atoms with van der Waals surface area (Å²) in [6.45, 7) is 9.07. The molecule has 0 aliphatic carbocycles. The van der Waals surface area contributed by atoms with Crippen molar-refractivity contribution in [3.05, 3.63) is 42.1 Å². The van der Waals surface area contributed by atoms with Gasteiger partial charge in [0.1, 0.15) is 5.69 Å². The van der Waals surface area contributed by atoms with E-state index in [0.717, 1.165) is 49.9 Å². The minimum Gasteiger partial charge on any atom is -0.387 e. The van der Waals surface area contributed by atoms with E-state index in [0.29, 0.717) is 25.6 Å². The third kappa shape index (κ3) is 6.85. The van der Waals surface area contributed by atoms with Crippen molar-refractivity contribution < 1.29 is 14.4 Å². The molecule has 1 aliphatic heterocycles. The van der Waals surface area contributed by atoms with Crippen molar-refractivity contribution >= 4 is 5.96 Å². The molecular formula is C21H31N5O3. The highest BCUT2D eigenvalue weighted by Crippen LogP contribution is 2.19. The summed E-state index contributed by atoms with van der Waals surface area (Å²) in [5.74, 6) is 1.36. The molecule has 8 heteroatoms. The molecule has 0 radical (unpaired) electrons. The van der Waals surface area contributed by atoms with Gasteiger partial charge in [0.2, 0.25) is 0 Å². The Kier molecular flexibility index (Phi) is 7.62. The molecule has 1 aromatic heterocycles. The van der Waals surface area contributed by atoms with Crippen LogP contribution in [-0.4, -0.2) is 72.7 Å². The molecule has 1 atom stereocenters. The van der Waals surface area contributed by atoms with Crippen LogP contribution in [-0.2, 0) is 11.3 Å². The van der Waals surface area contributed by atoms with Crippen LogP contribution in [0.3, 0.4) is 0 Å². The molecule has 2 heterocycles. The van der Waals surface area contributed by atoms with Gasteiger partial charge >= 0.3 is 0 Å². The fraction of sp³-hybridized carbons (Fsp3) is 0.524. The van der Waals surface area contributed by atoms with E-state index in [4.69, 9.17) is 9.26 Å². The summed E-state index contributed by atoms with van der Waals surface area (Å²) in [7, 11) is 0. The van der Waals surface area contributed by atoms with Crippen molar-refractivity contribution in [3.63, 3.8) is 0 Å². The van der Waals surface area contributed by atoms with Gasteiger partial charge in [-0.15, -0.1) is 0 Å². The average Bonchev–Trinajstić information content (AvgIpc) is 3.20. The highest BCUT2D eigenvalue weighted by atomic mass is 16.5. The predicted molar refractivity (Wildman–Crippen MR) is 113 cm³/mol. The number of morpholine rings is 1. The number of nitrogens with one attached hydrogen (secondary N) is 2. The lowest BCUT2D eigenvalue weighted by molar-refractivity contribution is -0.0201. The number of aromatic nitrogens is 1. The van der Waals surface area contributed by atoms with Crippen molar-refractivity contribution in [1.82, 2.24) is 20.7 Å². The molecule has 2 aromatic rings. The fourth-order valence-electron chi connectivity index (χ4n) is 3.20. The first-order valence-electron chi connectivity index (χ1n) is 10.1. The zero-order chi connectivity index (χ0) is 20.5. The van der Waals surface area contributed by atoms with Crippen molar-refractivity contribution in [1.29, 1.82) is 0 Å². The number of nitrogens with zero attached hydrogens (tertiary/aromatic N) is 3. The van der Waals surface area contributed by atoms with Crippen LogP contribution in [0, 0.1) is 0 Å². The SMILES string of the molecule is CCNC(=NCc1cc(-c2ccccc2)on1)NCC(C)(O)CN1CCOCC1. The smallest absolute Gasteiger partial charge is 0.191 e. The summed E-state index contributed by atoms with van der Waals surface area (Å²) in [5.41, 5.74) is 0.864. The van der Waals surface area contributed by atoms with E-state index < -0.39 is 5.60 Å². The first kappa shape index (κ1) is 21.3. The summed E-state index contributed by atoms with van der Waals surface area (Å²) < 4.78 is 10.8. The molecule has 3 N–H and O–H groups in total. The minimum atomic E-state index is -0.873. The normalized spacial score (nSPS) is 17.7. The quantitative estimate of drug-likeness (QED) is 0.455. The highest BCUT2D eigenvalue weighted by Gasteiger charge is 2.25. The van der Waals surface area contributed by atoms with E-state index in [1.165, 1.54) is 0 Å². The van der Waals surface area contributed by atoms with Crippen molar-refractivity contribution in [3.8, 4) is 11.3 Å². The van der Waals surface area contributed by atoms with E-state index in [9.17, 15) is 5.11 Å². The van der Waals surface area contributed by atoms with E-state index in [1.807, 2.05) is 50.2 Å². The van der Waals surface area contributed by atoms with Gasteiger partial charge in [0.05, 0.1) is 25.4 Å². The second kappa shape index (κ2) is 10.4. The molecule has 1 aromatic carbocycles. The fourth-order valence-corrected chi connectivity index (χ4v) is 3.20. The summed E-state index contributed by atoms with van der Waals surface area (Å²) >= 11 is 0. The molecule has 0 bridgehead atoms. The van der Waals surface area contributed by atoms with Crippen LogP contribution in [0.15, 0.2) is 45.9 Å². The minimum absolute atomic E-state index is 0.386. The lowest BCUT2D eigenvalue weighted by atomic mass is 10.1.